The first-order valence-corrected chi connectivity index (χ1v) is 11.0. The molecule has 27 heavy (non-hydrogen) atoms. The predicted octanol–water partition coefficient (Wildman–Crippen LogP) is 2.65. The summed E-state index contributed by atoms with van der Waals surface area (Å²) in [6, 6.07) is 6.60. The zero-order chi connectivity index (χ0) is 19.0. The van der Waals surface area contributed by atoms with Gasteiger partial charge in [0.25, 0.3) is 0 Å². The van der Waals surface area contributed by atoms with Gasteiger partial charge in [-0.1, -0.05) is 11.3 Å². The summed E-state index contributed by atoms with van der Waals surface area (Å²) < 4.78 is 31.5. The molecule has 0 spiro atoms. The number of nitrogens with zero attached hydrogens (tertiary/aromatic N) is 2. The predicted molar refractivity (Wildman–Crippen MR) is 104 cm³/mol. The molecule has 2 N–H and O–H groups in total. The van der Waals surface area contributed by atoms with E-state index in [1.807, 2.05) is 0 Å². The number of hydrogen-bond acceptors (Lipinski definition) is 6. The van der Waals surface area contributed by atoms with Gasteiger partial charge in [-0.25, -0.2) is 18.2 Å². The lowest BCUT2D eigenvalue weighted by molar-refractivity contribution is 0.262. The molecule has 1 saturated carbocycles. The zero-order valence-corrected chi connectivity index (χ0v) is 16.4. The van der Waals surface area contributed by atoms with Crippen LogP contribution in [0.4, 0.5) is 15.6 Å². The molecule has 2 amide bonds. The van der Waals surface area contributed by atoms with Gasteiger partial charge in [0, 0.05) is 30.1 Å². The highest BCUT2D eigenvalue weighted by Gasteiger charge is 2.41. The summed E-state index contributed by atoms with van der Waals surface area (Å²) in [5, 5.41) is 5.72. The number of anilines is 2. The molecule has 2 heterocycles. The Morgan fingerprint density at radius 2 is 2.00 bits per heavy atom. The maximum atomic E-state index is 12.4. The third kappa shape index (κ3) is 3.92. The molecule has 4 rings (SSSR count). The number of ether oxygens (including phenoxy) is 1. The van der Waals surface area contributed by atoms with Crippen molar-refractivity contribution in [3.63, 3.8) is 0 Å². The average Bonchev–Trinajstić information content (AvgIpc) is 3.43. The normalized spacial score (nSPS) is 17.2. The standard InChI is InChI=1S/C17H20N4O4S2/c1-25-12-4-2-11(3-5-12)18-16(22)20-17-19-14-8-9-21(10-15(14)26-17)27(23,24)13-6-7-13/h2-5,13H,6-10H2,1H3,(H2,18,19,20,22). The number of carbonyl (C=O) groups excluding carboxylic acids is 1. The van der Waals surface area contributed by atoms with Crippen molar-refractivity contribution in [3.8, 4) is 5.75 Å². The van der Waals surface area contributed by atoms with Crippen molar-refractivity contribution in [3.05, 3.63) is 34.8 Å². The van der Waals surface area contributed by atoms with Crippen molar-refractivity contribution in [2.45, 2.75) is 31.1 Å². The Bertz CT molecular complexity index is 952. The first kappa shape index (κ1) is 18.2. The van der Waals surface area contributed by atoms with Crippen molar-refractivity contribution in [2.24, 2.45) is 0 Å². The van der Waals surface area contributed by atoms with E-state index in [9.17, 15) is 13.2 Å². The second kappa shape index (κ2) is 7.10. The fourth-order valence-corrected chi connectivity index (χ4v) is 5.86. The van der Waals surface area contributed by atoms with Gasteiger partial charge in [0.15, 0.2) is 5.13 Å². The molecule has 1 aromatic heterocycles. The molecule has 0 saturated heterocycles. The highest BCUT2D eigenvalue weighted by Crippen LogP contribution is 2.35. The summed E-state index contributed by atoms with van der Waals surface area (Å²) in [5.41, 5.74) is 1.50. The van der Waals surface area contributed by atoms with Gasteiger partial charge >= 0.3 is 6.03 Å². The minimum Gasteiger partial charge on any atom is -0.497 e. The van der Waals surface area contributed by atoms with Gasteiger partial charge in [0.1, 0.15) is 5.75 Å². The Kier molecular flexibility index (Phi) is 4.79. The molecule has 1 aromatic carbocycles. The first-order chi connectivity index (χ1) is 13.0. The van der Waals surface area contributed by atoms with Crippen molar-refractivity contribution in [1.82, 2.24) is 9.29 Å². The summed E-state index contributed by atoms with van der Waals surface area (Å²) >= 11 is 1.32. The van der Waals surface area contributed by atoms with Gasteiger partial charge in [-0.2, -0.15) is 4.31 Å². The molecule has 2 aromatic rings. The number of hydrogen-bond donors (Lipinski definition) is 2. The molecule has 2 aliphatic rings. The minimum absolute atomic E-state index is 0.208. The highest BCUT2D eigenvalue weighted by molar-refractivity contribution is 7.90. The molecular weight excluding hydrogens is 388 g/mol. The van der Waals surface area contributed by atoms with E-state index < -0.39 is 16.1 Å². The summed E-state index contributed by atoms with van der Waals surface area (Å²) in [7, 11) is -1.61. The zero-order valence-electron chi connectivity index (χ0n) is 14.8. The number of fused-ring (bicyclic) bond motifs is 1. The van der Waals surface area contributed by atoms with E-state index >= 15 is 0 Å². The van der Waals surface area contributed by atoms with Gasteiger partial charge in [-0.15, -0.1) is 0 Å². The summed E-state index contributed by atoms with van der Waals surface area (Å²) in [6.07, 6.45) is 2.08. The fraction of sp³-hybridized carbons (Fsp3) is 0.412. The molecule has 1 fully saturated rings. The Hall–Kier alpha value is -2.17. The van der Waals surface area contributed by atoms with Crippen LogP contribution in [0.5, 0.6) is 5.75 Å². The number of benzene rings is 1. The average molecular weight is 409 g/mol. The van der Waals surface area contributed by atoms with Crippen LogP contribution in [-0.2, 0) is 23.0 Å². The second-order valence-electron chi connectivity index (χ2n) is 6.52. The molecule has 1 aliphatic heterocycles. The number of carbonyl (C=O) groups is 1. The number of aromatic nitrogens is 1. The molecule has 144 valence electrons. The van der Waals surface area contributed by atoms with E-state index in [-0.39, 0.29) is 5.25 Å². The SMILES string of the molecule is COc1ccc(NC(=O)Nc2nc3c(s2)CN(S(=O)(=O)C2CC2)CC3)cc1. The number of amides is 2. The number of sulfonamides is 1. The number of urea groups is 1. The van der Waals surface area contributed by atoms with Crippen LogP contribution in [0.2, 0.25) is 0 Å². The van der Waals surface area contributed by atoms with Crippen LogP contribution in [0.15, 0.2) is 24.3 Å². The van der Waals surface area contributed by atoms with Crippen molar-refractivity contribution < 1.29 is 17.9 Å². The van der Waals surface area contributed by atoms with Crippen molar-refractivity contribution in [1.29, 1.82) is 0 Å². The van der Waals surface area contributed by atoms with Crippen LogP contribution in [-0.4, -0.2) is 42.6 Å². The Morgan fingerprint density at radius 1 is 1.26 bits per heavy atom. The smallest absolute Gasteiger partial charge is 0.325 e. The van der Waals surface area contributed by atoms with Gasteiger partial charge in [0.2, 0.25) is 10.0 Å². The Balaban J connectivity index is 1.39. The van der Waals surface area contributed by atoms with Crippen molar-refractivity contribution in [2.75, 3.05) is 24.3 Å². The third-order valence-corrected chi connectivity index (χ3v) is 7.91. The van der Waals surface area contributed by atoms with Crippen LogP contribution in [0.25, 0.3) is 0 Å². The molecular formula is C17H20N4O4S2. The molecule has 0 bridgehead atoms. The topological polar surface area (TPSA) is 101 Å². The van der Waals surface area contributed by atoms with E-state index in [1.54, 1.807) is 35.7 Å². The Morgan fingerprint density at radius 3 is 2.67 bits per heavy atom. The minimum atomic E-state index is -3.19. The second-order valence-corrected chi connectivity index (χ2v) is 9.82. The van der Waals surface area contributed by atoms with Crippen molar-refractivity contribution >= 4 is 38.2 Å². The third-order valence-electron chi connectivity index (χ3n) is 4.57. The maximum Gasteiger partial charge on any atom is 0.325 e. The van der Waals surface area contributed by atoms with E-state index in [1.165, 1.54) is 11.3 Å². The lowest BCUT2D eigenvalue weighted by atomic mass is 10.2. The van der Waals surface area contributed by atoms with E-state index in [0.717, 1.165) is 23.4 Å². The number of methoxy groups -OCH3 is 1. The first-order valence-electron chi connectivity index (χ1n) is 8.65. The summed E-state index contributed by atoms with van der Waals surface area (Å²) in [6.45, 7) is 0.792. The molecule has 10 heteroatoms. The molecule has 1 aliphatic carbocycles. The largest absolute Gasteiger partial charge is 0.497 e. The maximum absolute atomic E-state index is 12.4. The van der Waals surface area contributed by atoms with Gasteiger partial charge in [-0.05, 0) is 37.1 Å². The fourth-order valence-electron chi connectivity index (χ4n) is 2.95. The molecule has 0 atom stereocenters. The molecule has 0 radical (unpaired) electrons. The number of nitrogens with one attached hydrogen (secondary N) is 2. The lowest BCUT2D eigenvalue weighted by Gasteiger charge is -2.25. The van der Waals surface area contributed by atoms with Gasteiger partial charge in [-0.3, -0.25) is 5.32 Å². The van der Waals surface area contributed by atoms with Crippen LogP contribution in [0.1, 0.15) is 23.4 Å². The highest BCUT2D eigenvalue weighted by atomic mass is 32.2. The van der Waals surface area contributed by atoms with Crippen LogP contribution in [0.3, 0.4) is 0 Å². The van der Waals surface area contributed by atoms with E-state index in [0.29, 0.717) is 36.1 Å². The van der Waals surface area contributed by atoms with Gasteiger partial charge < -0.3 is 10.1 Å². The van der Waals surface area contributed by atoms with E-state index in [2.05, 4.69) is 15.6 Å². The monoisotopic (exact) mass is 408 g/mol. The van der Waals surface area contributed by atoms with Crippen LogP contribution >= 0.6 is 11.3 Å². The summed E-state index contributed by atoms with van der Waals surface area (Å²) in [5.74, 6) is 0.708. The lowest BCUT2D eigenvalue weighted by Crippen LogP contribution is -2.37. The van der Waals surface area contributed by atoms with E-state index in [4.69, 9.17) is 4.74 Å². The molecule has 0 unspecified atom stereocenters. The van der Waals surface area contributed by atoms with Gasteiger partial charge in [0.05, 0.1) is 18.1 Å². The number of rotatable bonds is 5. The quantitative estimate of drug-likeness (QED) is 0.792. The molecule has 8 nitrogen and oxygen atoms in total. The van der Waals surface area contributed by atoms with Crippen LogP contribution < -0.4 is 15.4 Å². The van der Waals surface area contributed by atoms with Crippen LogP contribution in [0, 0.1) is 0 Å². The number of thiazole rings is 1. The Labute approximate surface area is 161 Å². The summed E-state index contributed by atoms with van der Waals surface area (Å²) in [4.78, 5) is 17.5.